The molecule has 0 saturated heterocycles. The van der Waals surface area contributed by atoms with Crippen molar-refractivity contribution in [3.63, 3.8) is 0 Å². The molecule has 73 valence electrons. The van der Waals surface area contributed by atoms with E-state index in [1.54, 1.807) is 0 Å². The molecular weight excluding hydrogens is 178 g/mol. The summed E-state index contributed by atoms with van der Waals surface area (Å²) in [5.41, 5.74) is 0. The predicted molar refractivity (Wildman–Crippen MR) is 46.6 cm³/mol. The molecule has 5 heteroatoms. The van der Waals surface area contributed by atoms with E-state index in [0.29, 0.717) is 6.42 Å². The van der Waals surface area contributed by atoms with Crippen LogP contribution in [0.25, 0.3) is 0 Å². The highest BCUT2D eigenvalue weighted by molar-refractivity contribution is 7.88. The first-order chi connectivity index (χ1) is 5.45. The number of sulfonamides is 1. The second-order valence-corrected chi connectivity index (χ2v) is 4.65. The lowest BCUT2D eigenvalue weighted by molar-refractivity contribution is 0.0699. The van der Waals surface area contributed by atoms with Crippen molar-refractivity contribution in [2.24, 2.45) is 0 Å². The first kappa shape index (κ1) is 11.9. The molecule has 0 spiro atoms. The molecule has 0 rings (SSSR count). The molecule has 0 aromatic carbocycles. The van der Waals surface area contributed by atoms with Gasteiger partial charge < -0.3 is 0 Å². The normalized spacial score (nSPS) is 14.6. The van der Waals surface area contributed by atoms with Crippen LogP contribution in [0.2, 0.25) is 0 Å². The number of hydrogen-bond acceptors (Lipinski definition) is 2. The van der Waals surface area contributed by atoms with Crippen LogP contribution in [0.15, 0.2) is 0 Å². The maximum atomic E-state index is 10.9. The first-order valence-corrected chi connectivity index (χ1v) is 5.98. The molecule has 0 heterocycles. The minimum atomic E-state index is -3.32. The van der Waals surface area contributed by atoms with Gasteiger partial charge in [0.25, 0.3) is 0 Å². The summed E-state index contributed by atoms with van der Waals surface area (Å²) >= 11 is 0. The quantitative estimate of drug-likeness (QED) is 0.503. The molecule has 12 heavy (non-hydrogen) atoms. The van der Waals surface area contributed by atoms with Gasteiger partial charge in [0.15, 0.2) is 6.23 Å². The zero-order valence-electron chi connectivity index (χ0n) is 7.54. The van der Waals surface area contributed by atoms with Gasteiger partial charge in [-0.2, -0.15) is 4.72 Å². The Morgan fingerprint density at radius 1 is 1.33 bits per heavy atom. The van der Waals surface area contributed by atoms with E-state index in [2.05, 4.69) is 0 Å². The standard InChI is InChI=1S/C7H16NO3S/c1-3-4-5-6-7(9)8-12(2,10)11/h7-8H,3-6H2,1-2H3. The fourth-order valence-electron chi connectivity index (χ4n) is 0.877. The van der Waals surface area contributed by atoms with Crippen molar-refractivity contribution in [1.82, 2.24) is 4.72 Å². The lowest BCUT2D eigenvalue weighted by Crippen LogP contribution is -2.32. The van der Waals surface area contributed by atoms with E-state index in [1.807, 2.05) is 11.6 Å². The Bertz CT molecular complexity index is 201. The Kier molecular flexibility index (Phi) is 5.44. The molecule has 0 amide bonds. The SMILES string of the molecule is CCCCCC([O])NS(C)(=O)=O. The summed E-state index contributed by atoms with van der Waals surface area (Å²) < 4.78 is 23.1. The van der Waals surface area contributed by atoms with Crippen molar-refractivity contribution in [3.8, 4) is 0 Å². The van der Waals surface area contributed by atoms with Crippen molar-refractivity contribution < 1.29 is 13.5 Å². The van der Waals surface area contributed by atoms with Gasteiger partial charge in [0.05, 0.1) is 6.26 Å². The third kappa shape index (κ3) is 7.97. The van der Waals surface area contributed by atoms with Gasteiger partial charge in [-0.1, -0.05) is 19.8 Å². The molecule has 0 aromatic rings. The minimum Gasteiger partial charge on any atom is -0.215 e. The van der Waals surface area contributed by atoms with Crippen LogP contribution in [0.3, 0.4) is 0 Å². The number of nitrogens with one attached hydrogen (secondary N) is 1. The van der Waals surface area contributed by atoms with Crippen LogP contribution in [0, 0.1) is 0 Å². The van der Waals surface area contributed by atoms with E-state index in [4.69, 9.17) is 0 Å². The Labute approximate surface area is 74.0 Å². The average Bonchev–Trinajstić information content (AvgIpc) is 1.84. The van der Waals surface area contributed by atoms with Crippen LogP contribution in [0.5, 0.6) is 0 Å². The van der Waals surface area contributed by atoms with Crippen LogP contribution in [0.1, 0.15) is 32.6 Å². The second-order valence-electron chi connectivity index (χ2n) is 2.87. The van der Waals surface area contributed by atoms with Gasteiger partial charge in [-0.25, -0.2) is 13.5 Å². The van der Waals surface area contributed by atoms with Gasteiger partial charge in [0.2, 0.25) is 10.0 Å². The Morgan fingerprint density at radius 2 is 1.92 bits per heavy atom. The van der Waals surface area contributed by atoms with Crippen LogP contribution in [-0.4, -0.2) is 20.9 Å². The maximum Gasteiger partial charge on any atom is 0.210 e. The Morgan fingerprint density at radius 3 is 2.33 bits per heavy atom. The van der Waals surface area contributed by atoms with Gasteiger partial charge in [0.1, 0.15) is 0 Å². The topological polar surface area (TPSA) is 66.1 Å². The largest absolute Gasteiger partial charge is 0.215 e. The highest BCUT2D eigenvalue weighted by Crippen LogP contribution is 2.02. The second kappa shape index (κ2) is 5.50. The van der Waals surface area contributed by atoms with Crippen LogP contribution < -0.4 is 4.72 Å². The maximum absolute atomic E-state index is 10.9. The summed E-state index contributed by atoms with van der Waals surface area (Å²) in [5, 5.41) is 10.9. The summed E-state index contributed by atoms with van der Waals surface area (Å²) in [6, 6.07) is 0. The first-order valence-electron chi connectivity index (χ1n) is 4.09. The number of hydrogen-bond donors (Lipinski definition) is 1. The van der Waals surface area contributed by atoms with E-state index in [0.717, 1.165) is 25.5 Å². The number of rotatable bonds is 6. The molecule has 0 aliphatic heterocycles. The summed E-state index contributed by atoms with van der Waals surface area (Å²) in [7, 11) is -3.32. The van der Waals surface area contributed by atoms with Crippen molar-refractivity contribution >= 4 is 10.0 Å². The van der Waals surface area contributed by atoms with Crippen molar-refractivity contribution in [1.29, 1.82) is 0 Å². The smallest absolute Gasteiger partial charge is 0.210 e. The summed E-state index contributed by atoms with van der Waals surface area (Å²) in [6.07, 6.45) is 2.99. The van der Waals surface area contributed by atoms with Gasteiger partial charge >= 0.3 is 0 Å². The highest BCUT2D eigenvalue weighted by Gasteiger charge is 2.10. The number of unbranched alkanes of at least 4 members (excludes halogenated alkanes) is 2. The molecule has 0 aliphatic carbocycles. The van der Waals surface area contributed by atoms with Crippen LogP contribution in [0.4, 0.5) is 0 Å². The summed E-state index contributed by atoms with van der Waals surface area (Å²) in [5.74, 6) is 0. The molecule has 0 aliphatic rings. The van der Waals surface area contributed by atoms with Crippen molar-refractivity contribution in [3.05, 3.63) is 0 Å². The lowest BCUT2D eigenvalue weighted by Gasteiger charge is -2.07. The fraction of sp³-hybridized carbons (Fsp3) is 1.00. The van der Waals surface area contributed by atoms with Gasteiger partial charge in [0, 0.05) is 0 Å². The zero-order chi connectivity index (χ0) is 9.61. The molecule has 0 saturated carbocycles. The van der Waals surface area contributed by atoms with Gasteiger partial charge in [-0.3, -0.25) is 0 Å². The molecule has 1 radical (unpaired) electrons. The molecule has 1 unspecified atom stereocenters. The molecule has 1 atom stereocenters. The van der Waals surface area contributed by atoms with Crippen LogP contribution in [-0.2, 0) is 15.1 Å². The molecule has 0 bridgehead atoms. The fourth-order valence-corrected chi connectivity index (χ4v) is 1.47. The third-order valence-electron chi connectivity index (χ3n) is 1.42. The predicted octanol–water partition coefficient (Wildman–Crippen LogP) is 0.873. The molecule has 4 nitrogen and oxygen atoms in total. The monoisotopic (exact) mass is 194 g/mol. The molecular formula is C7H16NO3S. The van der Waals surface area contributed by atoms with E-state index in [9.17, 15) is 13.5 Å². The third-order valence-corrected chi connectivity index (χ3v) is 2.11. The van der Waals surface area contributed by atoms with E-state index < -0.39 is 16.3 Å². The Balaban J connectivity index is 3.53. The Hall–Kier alpha value is -0.130. The summed E-state index contributed by atoms with van der Waals surface area (Å²) in [4.78, 5) is 0. The van der Waals surface area contributed by atoms with E-state index in [1.165, 1.54) is 0 Å². The molecule has 0 aromatic heterocycles. The van der Waals surface area contributed by atoms with Crippen molar-refractivity contribution in [2.45, 2.75) is 38.8 Å². The van der Waals surface area contributed by atoms with E-state index in [-0.39, 0.29) is 0 Å². The van der Waals surface area contributed by atoms with Crippen LogP contribution >= 0.6 is 0 Å². The molecule has 1 N–H and O–H groups in total. The minimum absolute atomic E-state index is 0.376. The van der Waals surface area contributed by atoms with Crippen molar-refractivity contribution in [2.75, 3.05) is 6.26 Å². The highest BCUT2D eigenvalue weighted by atomic mass is 32.2. The average molecular weight is 194 g/mol. The van der Waals surface area contributed by atoms with Gasteiger partial charge in [-0.05, 0) is 12.8 Å². The zero-order valence-corrected chi connectivity index (χ0v) is 8.36. The molecule has 0 fully saturated rings. The van der Waals surface area contributed by atoms with E-state index >= 15 is 0 Å². The van der Waals surface area contributed by atoms with Gasteiger partial charge in [-0.15, -0.1) is 0 Å². The summed E-state index contributed by atoms with van der Waals surface area (Å²) in [6.45, 7) is 2.03. The lowest BCUT2D eigenvalue weighted by atomic mass is 10.2.